The number of allylic oxidation sites excluding steroid dienone is 4. The molecule has 1 aromatic rings. The van der Waals surface area contributed by atoms with E-state index in [0.717, 1.165) is 0 Å². The first kappa shape index (κ1) is 31.6. The molecule has 0 aliphatic carbocycles. The average Bonchev–Trinajstić information content (AvgIpc) is 2.68. The van der Waals surface area contributed by atoms with Gasteiger partial charge >= 0.3 is 16.8 Å². The van der Waals surface area contributed by atoms with Gasteiger partial charge in [-0.15, -0.1) is 21.2 Å². The normalized spacial score (nSPS) is 10.2. The van der Waals surface area contributed by atoms with E-state index in [1.54, 1.807) is 12.4 Å². The summed E-state index contributed by atoms with van der Waals surface area (Å²) in [7, 11) is 0. The van der Waals surface area contributed by atoms with E-state index in [1.807, 2.05) is 38.5 Å². The summed E-state index contributed by atoms with van der Waals surface area (Å²) < 4.78 is 0. The number of hydroxylamine groups is 2. The van der Waals surface area contributed by atoms with Gasteiger partial charge in [0, 0.05) is 12.4 Å². The molecule has 0 atom stereocenters. The Morgan fingerprint density at radius 3 is 1.23 bits per heavy atom. The van der Waals surface area contributed by atoms with E-state index in [1.165, 1.54) is 27.7 Å². The zero-order valence-corrected chi connectivity index (χ0v) is 16.8. The van der Waals surface area contributed by atoms with Gasteiger partial charge in [0.05, 0.1) is 11.4 Å². The van der Waals surface area contributed by atoms with Crippen LogP contribution in [0.5, 0.6) is 0 Å². The van der Waals surface area contributed by atoms with Crippen LogP contribution in [0.2, 0.25) is 0 Å². The molecule has 0 amide bonds. The maximum Gasteiger partial charge on any atom is 3.00 e. The number of pyridine rings is 1. The Balaban J connectivity index is -0.000000128. The summed E-state index contributed by atoms with van der Waals surface area (Å²) in [6.07, 6.45) is 5.50. The summed E-state index contributed by atoms with van der Waals surface area (Å²) in [5.41, 5.74) is 6.39. The Morgan fingerprint density at radius 1 is 0.846 bits per heavy atom. The Morgan fingerprint density at radius 2 is 1.15 bits per heavy atom. The Bertz CT molecular complexity index is 454. The van der Waals surface area contributed by atoms with Gasteiger partial charge in [-0.25, -0.2) is 0 Å². The molecule has 0 bridgehead atoms. The van der Waals surface area contributed by atoms with E-state index in [-0.39, 0.29) is 39.6 Å². The zero-order chi connectivity index (χ0) is 20.1. The minimum atomic E-state index is 0. The average molecular weight is 411 g/mol. The standard InChI is InChI=1S/C5H5N.2C4H8N2O2.C3H7.Co/c1-2-4-6-5-3-1;2*1-3(5-7)4(2)6-8;1-3-2;/h1-5H;2*1-2H3,(H2,5,6,7,8);3H,1-2H3;/q;;;-1;+3/p-2. The molecular formula is C16H26CoN5O4. The van der Waals surface area contributed by atoms with Crippen LogP contribution in [0, 0.1) is 16.2 Å². The Kier molecular flexibility index (Phi) is 30.5. The molecule has 0 fully saturated rings. The maximum absolute atomic E-state index is 9.63. The number of nitrogens with zero attached hydrogens (tertiary/aromatic N) is 5. The second-order valence-electron chi connectivity index (χ2n) is 4.33. The molecule has 1 rings (SSSR count). The molecule has 0 saturated carbocycles. The second-order valence-corrected chi connectivity index (χ2v) is 4.33. The fraction of sp³-hybridized carbons (Fsp3) is 0.375. The van der Waals surface area contributed by atoms with Crippen LogP contribution >= 0.6 is 0 Å². The molecule has 0 radical (unpaired) electrons. The molecule has 0 unspecified atom stereocenters. The van der Waals surface area contributed by atoms with Crippen LogP contribution in [0.15, 0.2) is 63.7 Å². The van der Waals surface area contributed by atoms with Crippen molar-refractivity contribution in [1.29, 1.82) is 0 Å². The summed E-state index contributed by atoms with van der Waals surface area (Å²) in [6, 6.07) is 5.72. The molecule has 10 heteroatoms. The van der Waals surface area contributed by atoms with Crippen molar-refractivity contribution >= 4 is 0 Å². The summed E-state index contributed by atoms with van der Waals surface area (Å²) in [4.78, 5) is 23.0. The first-order chi connectivity index (χ1) is 11.9. The first-order valence-corrected chi connectivity index (χ1v) is 7.16. The van der Waals surface area contributed by atoms with Gasteiger partial charge in [0.15, 0.2) is 0 Å². The van der Waals surface area contributed by atoms with E-state index in [0.29, 0.717) is 0 Å². The Hall–Kier alpha value is -2.14. The van der Waals surface area contributed by atoms with E-state index in [4.69, 9.17) is 10.4 Å². The molecule has 148 valence electrons. The number of aromatic nitrogens is 1. The fourth-order valence-corrected chi connectivity index (χ4v) is 0.589. The third kappa shape index (κ3) is 24.1. The SMILES string of the molecule is C/C(N=O)=C(\C)[N-]O.C/C(N=O)=C(\C)[N-]O.C[CH-]C.[Co+3].c1ccncc1. The van der Waals surface area contributed by atoms with Crippen LogP contribution in [-0.2, 0) is 16.8 Å². The van der Waals surface area contributed by atoms with E-state index < -0.39 is 0 Å². The molecule has 26 heavy (non-hydrogen) atoms. The molecule has 0 aliphatic heterocycles. The van der Waals surface area contributed by atoms with E-state index in [2.05, 4.69) is 26.3 Å². The van der Waals surface area contributed by atoms with Crippen LogP contribution in [0.4, 0.5) is 0 Å². The van der Waals surface area contributed by atoms with E-state index >= 15 is 0 Å². The summed E-state index contributed by atoms with van der Waals surface area (Å²) in [5.74, 6) is 0. The van der Waals surface area contributed by atoms with Crippen LogP contribution in [0.1, 0.15) is 41.5 Å². The van der Waals surface area contributed by atoms with Gasteiger partial charge in [0.1, 0.15) is 0 Å². The van der Waals surface area contributed by atoms with Gasteiger partial charge < -0.3 is 27.8 Å². The van der Waals surface area contributed by atoms with Crippen molar-refractivity contribution in [3.05, 3.63) is 80.6 Å². The third-order valence-electron chi connectivity index (χ3n) is 2.19. The van der Waals surface area contributed by atoms with Crippen LogP contribution in [-0.4, -0.2) is 15.4 Å². The van der Waals surface area contributed by atoms with Crippen molar-refractivity contribution in [2.45, 2.75) is 41.5 Å². The molecular weight excluding hydrogens is 385 g/mol. The van der Waals surface area contributed by atoms with Crippen molar-refractivity contribution in [3.63, 3.8) is 0 Å². The quantitative estimate of drug-likeness (QED) is 0.363. The van der Waals surface area contributed by atoms with Gasteiger partial charge in [-0.1, -0.05) is 19.9 Å². The molecule has 9 nitrogen and oxygen atoms in total. The minimum absolute atomic E-state index is 0. The van der Waals surface area contributed by atoms with Crippen LogP contribution in [0.3, 0.4) is 0 Å². The molecule has 2 N–H and O–H groups in total. The monoisotopic (exact) mass is 411 g/mol. The smallest absolute Gasteiger partial charge is 0.567 e. The topological polar surface area (TPSA) is 140 Å². The minimum Gasteiger partial charge on any atom is -0.567 e. The maximum atomic E-state index is 9.63. The van der Waals surface area contributed by atoms with Crippen molar-refractivity contribution in [1.82, 2.24) is 4.98 Å². The molecule has 0 aliphatic rings. The second kappa shape index (κ2) is 25.1. The van der Waals surface area contributed by atoms with Crippen molar-refractivity contribution in [2.24, 2.45) is 10.4 Å². The first-order valence-electron chi connectivity index (χ1n) is 7.16. The zero-order valence-electron chi connectivity index (χ0n) is 15.7. The van der Waals surface area contributed by atoms with Gasteiger partial charge in [-0.3, -0.25) is 4.98 Å². The number of hydrogen-bond acceptors (Lipinski definition) is 7. The third-order valence-corrected chi connectivity index (χ3v) is 2.19. The van der Waals surface area contributed by atoms with Crippen LogP contribution in [0.25, 0.3) is 11.0 Å². The molecule has 0 saturated heterocycles. The predicted octanol–water partition coefficient (Wildman–Crippen LogP) is 5.84. The number of hydrogen-bond donors (Lipinski definition) is 2. The van der Waals surface area contributed by atoms with Crippen LogP contribution < -0.4 is 0 Å². The van der Waals surface area contributed by atoms with Gasteiger partial charge in [0.25, 0.3) is 0 Å². The number of rotatable bonds is 4. The van der Waals surface area contributed by atoms with Gasteiger partial charge in [0.2, 0.25) is 0 Å². The molecule has 0 spiro atoms. The van der Waals surface area contributed by atoms with E-state index in [9.17, 15) is 9.81 Å². The van der Waals surface area contributed by atoms with Gasteiger partial charge in [-0.2, -0.15) is 13.8 Å². The molecule has 1 heterocycles. The molecule has 1 aromatic heterocycles. The van der Waals surface area contributed by atoms with Crippen molar-refractivity contribution in [3.8, 4) is 0 Å². The summed E-state index contributed by atoms with van der Waals surface area (Å²) in [5, 5.41) is 21.1. The van der Waals surface area contributed by atoms with Crippen molar-refractivity contribution < 1.29 is 27.2 Å². The van der Waals surface area contributed by atoms with Crippen molar-refractivity contribution in [2.75, 3.05) is 0 Å². The fourth-order valence-electron chi connectivity index (χ4n) is 0.589. The number of nitroso groups, excluding NO2 is 2. The predicted molar refractivity (Wildman–Crippen MR) is 98.5 cm³/mol. The summed E-state index contributed by atoms with van der Waals surface area (Å²) in [6.45, 7) is 9.94. The summed E-state index contributed by atoms with van der Waals surface area (Å²) >= 11 is 0. The largest absolute Gasteiger partial charge is 3.00 e. The molecule has 0 aromatic carbocycles. The van der Waals surface area contributed by atoms with Gasteiger partial charge in [-0.05, 0) is 36.3 Å². The Labute approximate surface area is 165 Å².